The summed E-state index contributed by atoms with van der Waals surface area (Å²) >= 11 is 1.20. The van der Waals surface area contributed by atoms with E-state index >= 15 is 0 Å². The molecular formula is C12H16N6O2S. The van der Waals surface area contributed by atoms with Crippen molar-refractivity contribution in [2.75, 3.05) is 0 Å². The van der Waals surface area contributed by atoms with Crippen molar-refractivity contribution in [3.63, 3.8) is 0 Å². The van der Waals surface area contributed by atoms with E-state index in [1.165, 1.54) is 16.3 Å². The molecule has 0 unspecified atom stereocenters. The van der Waals surface area contributed by atoms with Crippen molar-refractivity contribution in [2.24, 2.45) is 10.9 Å². The van der Waals surface area contributed by atoms with Crippen LogP contribution >= 0.6 is 11.8 Å². The van der Waals surface area contributed by atoms with E-state index in [-0.39, 0.29) is 11.5 Å². The number of amidine groups is 1. The Labute approximate surface area is 125 Å². The molecule has 2 aromatic heterocycles. The highest BCUT2D eigenvalue weighted by Gasteiger charge is 2.17. The van der Waals surface area contributed by atoms with Gasteiger partial charge in [-0.15, -0.1) is 5.10 Å². The number of oxime groups is 1. The van der Waals surface area contributed by atoms with Crippen LogP contribution in [-0.4, -0.2) is 30.8 Å². The van der Waals surface area contributed by atoms with E-state index in [0.717, 1.165) is 11.3 Å². The summed E-state index contributed by atoms with van der Waals surface area (Å²) < 4.78 is 1.49. The minimum atomic E-state index is -0.283. The van der Waals surface area contributed by atoms with Crippen LogP contribution in [0, 0.1) is 13.8 Å². The summed E-state index contributed by atoms with van der Waals surface area (Å²) in [5.41, 5.74) is 7.61. The SMILES string of the molecule is CCn1c(Sc2nc(C)cc(C)c2C(N)=NO)n[nH]c1=O. The Morgan fingerprint density at radius 2 is 2.29 bits per heavy atom. The van der Waals surface area contributed by atoms with Crippen molar-refractivity contribution in [3.8, 4) is 0 Å². The number of pyridine rings is 1. The lowest BCUT2D eigenvalue weighted by Crippen LogP contribution is -2.18. The summed E-state index contributed by atoms with van der Waals surface area (Å²) in [7, 11) is 0. The summed E-state index contributed by atoms with van der Waals surface area (Å²) in [4.78, 5) is 16.0. The van der Waals surface area contributed by atoms with Gasteiger partial charge in [-0.05, 0) is 44.2 Å². The van der Waals surface area contributed by atoms with E-state index < -0.39 is 0 Å². The first-order valence-corrected chi connectivity index (χ1v) is 7.08. The molecule has 0 spiro atoms. The highest BCUT2D eigenvalue weighted by atomic mass is 32.2. The predicted molar refractivity (Wildman–Crippen MR) is 78.9 cm³/mol. The Hall–Kier alpha value is -2.29. The molecule has 4 N–H and O–H groups in total. The maximum Gasteiger partial charge on any atom is 0.343 e. The van der Waals surface area contributed by atoms with E-state index in [2.05, 4.69) is 20.3 Å². The molecule has 8 nitrogen and oxygen atoms in total. The molecule has 0 aliphatic rings. The fourth-order valence-corrected chi connectivity index (χ4v) is 3.13. The highest BCUT2D eigenvalue weighted by molar-refractivity contribution is 7.99. The van der Waals surface area contributed by atoms with Crippen LogP contribution in [0.5, 0.6) is 0 Å². The minimum Gasteiger partial charge on any atom is -0.409 e. The molecule has 0 saturated carbocycles. The van der Waals surface area contributed by atoms with Crippen LogP contribution in [0.25, 0.3) is 0 Å². The van der Waals surface area contributed by atoms with Gasteiger partial charge in [0.25, 0.3) is 0 Å². The van der Waals surface area contributed by atoms with E-state index in [4.69, 9.17) is 10.9 Å². The lowest BCUT2D eigenvalue weighted by molar-refractivity contribution is 0.318. The van der Waals surface area contributed by atoms with Crippen LogP contribution in [0.1, 0.15) is 23.7 Å². The number of nitrogens with two attached hydrogens (primary N) is 1. The van der Waals surface area contributed by atoms with Gasteiger partial charge < -0.3 is 10.9 Å². The van der Waals surface area contributed by atoms with Crippen LogP contribution in [0.15, 0.2) is 26.2 Å². The fraction of sp³-hybridized carbons (Fsp3) is 0.333. The summed E-state index contributed by atoms with van der Waals surface area (Å²) in [6, 6.07) is 1.84. The molecule has 2 heterocycles. The van der Waals surface area contributed by atoms with E-state index in [1.807, 2.05) is 26.8 Å². The fourth-order valence-electron chi connectivity index (χ4n) is 1.98. The van der Waals surface area contributed by atoms with Crippen molar-refractivity contribution >= 4 is 17.6 Å². The molecule has 0 atom stereocenters. The molecule has 21 heavy (non-hydrogen) atoms. The molecule has 0 radical (unpaired) electrons. The average molecular weight is 308 g/mol. The highest BCUT2D eigenvalue weighted by Crippen LogP contribution is 2.29. The second kappa shape index (κ2) is 6.00. The first-order chi connectivity index (χ1) is 9.97. The first-order valence-electron chi connectivity index (χ1n) is 6.27. The number of aryl methyl sites for hydroxylation is 2. The van der Waals surface area contributed by atoms with E-state index in [0.29, 0.717) is 22.3 Å². The zero-order valence-corrected chi connectivity index (χ0v) is 12.7. The third kappa shape index (κ3) is 2.92. The summed E-state index contributed by atoms with van der Waals surface area (Å²) in [6.07, 6.45) is 0. The number of hydrogen-bond donors (Lipinski definition) is 3. The van der Waals surface area contributed by atoms with Crippen LogP contribution in [0.4, 0.5) is 0 Å². The monoisotopic (exact) mass is 308 g/mol. The van der Waals surface area contributed by atoms with Gasteiger partial charge in [0, 0.05) is 12.2 Å². The largest absolute Gasteiger partial charge is 0.409 e. The lowest BCUT2D eigenvalue weighted by Gasteiger charge is -2.11. The minimum absolute atomic E-state index is 0.0246. The molecule has 0 aliphatic carbocycles. The predicted octanol–water partition coefficient (Wildman–Crippen LogP) is 0.849. The summed E-state index contributed by atoms with van der Waals surface area (Å²) in [5.74, 6) is -0.0246. The van der Waals surface area contributed by atoms with Gasteiger partial charge in [0.1, 0.15) is 5.03 Å². The van der Waals surface area contributed by atoms with Crippen molar-refractivity contribution in [3.05, 3.63) is 33.4 Å². The number of nitrogens with zero attached hydrogens (tertiary/aromatic N) is 4. The van der Waals surface area contributed by atoms with Gasteiger partial charge in [-0.25, -0.2) is 14.9 Å². The second-order valence-electron chi connectivity index (χ2n) is 4.40. The molecule has 2 aromatic rings. The molecule has 0 aromatic carbocycles. The van der Waals surface area contributed by atoms with Gasteiger partial charge in [0.2, 0.25) is 0 Å². The van der Waals surface area contributed by atoms with Gasteiger partial charge in [0.05, 0.1) is 5.56 Å². The Morgan fingerprint density at radius 3 is 2.90 bits per heavy atom. The quantitative estimate of drug-likeness (QED) is 0.333. The van der Waals surface area contributed by atoms with Crippen molar-refractivity contribution in [2.45, 2.75) is 37.5 Å². The molecule has 0 amide bonds. The summed E-state index contributed by atoms with van der Waals surface area (Å²) in [5, 5.41) is 19.4. The zero-order valence-electron chi connectivity index (χ0n) is 11.9. The number of nitrogens with one attached hydrogen (secondary N) is 1. The van der Waals surface area contributed by atoms with Crippen LogP contribution in [0.3, 0.4) is 0 Å². The molecular weight excluding hydrogens is 292 g/mol. The second-order valence-corrected chi connectivity index (χ2v) is 5.36. The molecule has 2 rings (SSSR count). The van der Waals surface area contributed by atoms with Crippen molar-refractivity contribution < 1.29 is 5.21 Å². The van der Waals surface area contributed by atoms with Gasteiger partial charge in [-0.2, -0.15) is 0 Å². The number of H-pyrrole nitrogens is 1. The Balaban J connectivity index is 2.55. The molecule has 0 aliphatic heterocycles. The number of aromatic amines is 1. The number of hydrogen-bond acceptors (Lipinski definition) is 6. The van der Waals surface area contributed by atoms with Gasteiger partial charge in [0.15, 0.2) is 11.0 Å². The Bertz CT molecular complexity index is 749. The van der Waals surface area contributed by atoms with Crippen molar-refractivity contribution in [1.29, 1.82) is 0 Å². The van der Waals surface area contributed by atoms with E-state index in [1.54, 1.807) is 0 Å². The number of aromatic nitrogens is 4. The summed E-state index contributed by atoms with van der Waals surface area (Å²) in [6.45, 7) is 6.04. The average Bonchev–Trinajstić information content (AvgIpc) is 2.77. The molecule has 0 fully saturated rings. The van der Waals surface area contributed by atoms with E-state index in [9.17, 15) is 4.79 Å². The number of rotatable bonds is 4. The smallest absolute Gasteiger partial charge is 0.343 e. The maximum atomic E-state index is 11.6. The first kappa shape index (κ1) is 15.1. The van der Waals surface area contributed by atoms with Crippen LogP contribution in [-0.2, 0) is 6.54 Å². The standard InChI is InChI=1S/C12H16N6O2S/c1-4-18-11(19)15-16-12(18)21-10-8(9(13)17-20)6(2)5-7(3)14-10/h5,20H,4H2,1-3H3,(H2,13,17)(H,15,19). The topological polar surface area (TPSA) is 122 Å². The van der Waals surface area contributed by atoms with Gasteiger partial charge >= 0.3 is 5.69 Å². The zero-order chi connectivity index (χ0) is 15.6. The van der Waals surface area contributed by atoms with Gasteiger partial charge in [-0.3, -0.25) is 4.57 Å². The van der Waals surface area contributed by atoms with Crippen LogP contribution in [0.2, 0.25) is 0 Å². The maximum absolute atomic E-state index is 11.6. The molecule has 9 heteroatoms. The third-order valence-electron chi connectivity index (χ3n) is 2.90. The van der Waals surface area contributed by atoms with Crippen molar-refractivity contribution in [1.82, 2.24) is 19.7 Å². The Morgan fingerprint density at radius 1 is 1.57 bits per heavy atom. The molecule has 112 valence electrons. The molecule has 0 bridgehead atoms. The Kier molecular flexibility index (Phi) is 4.32. The van der Waals surface area contributed by atoms with Crippen LogP contribution < -0.4 is 11.4 Å². The lowest BCUT2D eigenvalue weighted by atomic mass is 10.1. The molecule has 0 saturated heterocycles. The van der Waals surface area contributed by atoms with Gasteiger partial charge in [-0.1, -0.05) is 5.16 Å². The normalized spacial score (nSPS) is 11.9. The third-order valence-corrected chi connectivity index (χ3v) is 3.89.